The molecule has 14 rings (SSSR count). The van der Waals surface area contributed by atoms with Gasteiger partial charge in [-0.3, -0.25) is 0 Å². The zero-order chi connectivity index (χ0) is 42.6. The monoisotopic (exact) mass is 847 g/mol. The highest BCUT2D eigenvalue weighted by atomic mass is 32.2. The molecule has 0 amide bonds. The van der Waals surface area contributed by atoms with Gasteiger partial charge in [0.15, 0.2) is 9.79 Å². The summed E-state index contributed by atoms with van der Waals surface area (Å²) in [7, 11) is 0. The Bertz CT molecular complexity index is 3480. The Balaban J connectivity index is 1.05. The molecule has 65 heavy (non-hydrogen) atoms. The van der Waals surface area contributed by atoms with E-state index in [0.29, 0.717) is 0 Å². The fourth-order valence-electron chi connectivity index (χ4n) is 10.8. The first kappa shape index (κ1) is 36.3. The van der Waals surface area contributed by atoms with Gasteiger partial charge in [0.1, 0.15) is 0 Å². The van der Waals surface area contributed by atoms with Crippen LogP contribution in [0.25, 0.3) is 110 Å². The predicted octanol–water partition coefficient (Wildman–Crippen LogP) is 15.3. The highest BCUT2D eigenvalue weighted by molar-refractivity contribution is 7.78. The van der Waals surface area contributed by atoms with Crippen molar-refractivity contribution in [2.45, 2.75) is 9.79 Å². The lowest BCUT2D eigenvalue weighted by Crippen LogP contribution is -2.03. The van der Waals surface area contributed by atoms with Gasteiger partial charge >= 0.3 is 0 Å². The molecule has 304 valence electrons. The van der Waals surface area contributed by atoms with Crippen molar-refractivity contribution in [3.8, 4) is 22.7 Å². The molecule has 0 atom stereocenters. The van der Waals surface area contributed by atoms with E-state index in [9.17, 15) is 0 Å². The van der Waals surface area contributed by atoms with Gasteiger partial charge < -0.3 is 18.3 Å². The van der Waals surface area contributed by atoms with Crippen LogP contribution in [0.3, 0.4) is 0 Å². The normalized spacial score (nSPS) is 12.1. The third kappa shape index (κ3) is 5.46. The van der Waals surface area contributed by atoms with Crippen LogP contribution in [0, 0.1) is 0 Å². The van der Waals surface area contributed by atoms with Gasteiger partial charge in [-0.15, -0.1) is 0 Å². The third-order valence-corrected chi connectivity index (χ3v) is 14.4. The molecule has 0 N–H and O–H groups in total. The number of nitrogens with zero attached hydrogens (tertiary/aromatic N) is 4. The first-order chi connectivity index (χ1) is 32.2. The first-order valence-corrected chi connectivity index (χ1v) is 23.1. The lowest BCUT2D eigenvalue weighted by atomic mass is 10.2. The molecule has 0 unspecified atom stereocenters. The van der Waals surface area contributed by atoms with Crippen LogP contribution in [0.5, 0.6) is 0 Å². The van der Waals surface area contributed by atoms with Crippen molar-refractivity contribution >= 4 is 99.0 Å². The van der Waals surface area contributed by atoms with Crippen molar-refractivity contribution in [2.24, 2.45) is 0 Å². The highest BCUT2D eigenvalue weighted by Crippen LogP contribution is 2.39. The summed E-state index contributed by atoms with van der Waals surface area (Å²) >= 11 is 1.08. The summed E-state index contributed by atoms with van der Waals surface area (Å²) in [5, 5.41) is 9.99. The summed E-state index contributed by atoms with van der Waals surface area (Å²) in [5.41, 5.74) is 14.1. The molecule has 4 heterocycles. The lowest BCUT2D eigenvalue weighted by molar-refractivity contribution is 1.10. The minimum Gasteiger partial charge on any atom is -0.309 e. The SMILES string of the molecule is c1ccc2c(c1)c1ccccc1n2-c1cc([SH+]c2cc(-n3c4ccccc4c4ccccc43)cc(-n3c4ccccc4c4ccccc43)c2)cc(-n2c3ccccc3c3ccccc32)c1. The van der Waals surface area contributed by atoms with Gasteiger partial charge in [0.05, 0.1) is 66.9 Å². The number of para-hydroxylation sites is 8. The van der Waals surface area contributed by atoms with Crippen LogP contribution in [-0.2, 0) is 11.8 Å². The number of hydrogen-bond donors (Lipinski definition) is 0. The molecule has 0 aliphatic heterocycles. The fourth-order valence-corrected chi connectivity index (χ4v) is 11.8. The van der Waals surface area contributed by atoms with Crippen molar-refractivity contribution in [3.63, 3.8) is 0 Å². The molecule has 0 aliphatic rings. The summed E-state index contributed by atoms with van der Waals surface area (Å²) in [6.07, 6.45) is 0. The van der Waals surface area contributed by atoms with Crippen molar-refractivity contribution < 1.29 is 0 Å². The van der Waals surface area contributed by atoms with Gasteiger partial charge in [-0.05, 0) is 60.7 Å². The molecule has 14 aromatic rings. The largest absolute Gasteiger partial charge is 0.309 e. The summed E-state index contributed by atoms with van der Waals surface area (Å²) < 4.78 is 9.83. The Labute approximate surface area is 378 Å². The van der Waals surface area contributed by atoms with Gasteiger partial charge in [0, 0.05) is 79.1 Å². The second-order valence-electron chi connectivity index (χ2n) is 17.0. The number of rotatable bonds is 6. The molecular formula is C60H39N4S+. The van der Waals surface area contributed by atoms with Gasteiger partial charge in [0.25, 0.3) is 0 Å². The van der Waals surface area contributed by atoms with Crippen molar-refractivity contribution in [1.29, 1.82) is 0 Å². The Kier molecular flexibility index (Phi) is 7.88. The summed E-state index contributed by atoms with van der Waals surface area (Å²) in [6, 6.07) is 84.9. The van der Waals surface area contributed by atoms with E-state index in [1.807, 2.05) is 0 Å². The van der Waals surface area contributed by atoms with Crippen LogP contribution in [0.15, 0.2) is 240 Å². The molecule has 4 nitrogen and oxygen atoms in total. The molecule has 0 aliphatic carbocycles. The maximum atomic E-state index is 2.46. The number of thiol groups is 1. The second-order valence-corrected chi connectivity index (χ2v) is 18.3. The number of hydrogen-bond acceptors (Lipinski definition) is 0. The maximum Gasteiger partial charge on any atom is 0.162 e. The van der Waals surface area contributed by atoms with E-state index in [1.165, 1.54) is 97.0 Å². The Morgan fingerprint density at radius 1 is 0.200 bits per heavy atom. The summed E-state index contributed by atoms with van der Waals surface area (Å²) in [6.45, 7) is 0. The van der Waals surface area contributed by atoms with Crippen LogP contribution in [0.1, 0.15) is 0 Å². The predicted molar refractivity (Wildman–Crippen MR) is 276 cm³/mol. The molecule has 4 aromatic heterocycles. The first-order valence-electron chi connectivity index (χ1n) is 22.2. The smallest absolute Gasteiger partial charge is 0.162 e. The van der Waals surface area contributed by atoms with E-state index in [1.54, 1.807) is 0 Å². The van der Waals surface area contributed by atoms with Gasteiger partial charge in [-0.2, -0.15) is 0 Å². The van der Waals surface area contributed by atoms with E-state index < -0.39 is 0 Å². The molecular weight excluding hydrogens is 809 g/mol. The van der Waals surface area contributed by atoms with E-state index in [0.717, 1.165) is 34.5 Å². The zero-order valence-electron chi connectivity index (χ0n) is 35.2. The average Bonchev–Trinajstić information content (AvgIpc) is 4.09. The Hall–Kier alpha value is -8.25. The van der Waals surface area contributed by atoms with Crippen molar-refractivity contribution in [1.82, 2.24) is 18.3 Å². The minimum atomic E-state index is 1.08. The maximum absolute atomic E-state index is 2.46. The van der Waals surface area contributed by atoms with Gasteiger partial charge in [-0.25, -0.2) is 0 Å². The molecule has 0 saturated heterocycles. The lowest BCUT2D eigenvalue weighted by Gasteiger charge is -2.15. The fraction of sp³-hybridized carbons (Fsp3) is 0. The zero-order valence-corrected chi connectivity index (χ0v) is 36.1. The van der Waals surface area contributed by atoms with Crippen LogP contribution in [0.2, 0.25) is 0 Å². The highest BCUT2D eigenvalue weighted by Gasteiger charge is 2.23. The quantitative estimate of drug-likeness (QED) is 0.117. The molecule has 10 aromatic carbocycles. The van der Waals surface area contributed by atoms with Gasteiger partial charge in [-0.1, -0.05) is 146 Å². The third-order valence-electron chi connectivity index (χ3n) is 13.4. The van der Waals surface area contributed by atoms with Crippen LogP contribution in [0.4, 0.5) is 0 Å². The van der Waals surface area contributed by atoms with E-state index in [2.05, 4.69) is 249 Å². The van der Waals surface area contributed by atoms with Crippen molar-refractivity contribution in [2.75, 3.05) is 0 Å². The average molecular weight is 848 g/mol. The second kappa shape index (κ2) is 14.1. The standard InChI is InChI=1S/C60H38N4S/c1-9-25-53-45(17-1)46-18-2-10-26-54(46)61(53)39-33-40(62-55-27-11-3-19-47(55)48-20-4-12-28-56(48)62)36-43(35-39)65-44-37-41(63-57-29-13-5-21-49(57)50-22-6-14-30-58(50)63)34-42(38-44)64-59-31-15-7-23-51(59)52-24-8-16-32-60(52)64/h1-38H/p+1. The molecule has 0 fully saturated rings. The minimum absolute atomic E-state index is 1.08. The summed E-state index contributed by atoms with van der Waals surface area (Å²) in [4.78, 5) is 2.41. The van der Waals surface area contributed by atoms with Crippen LogP contribution < -0.4 is 0 Å². The Morgan fingerprint density at radius 3 is 0.554 bits per heavy atom. The van der Waals surface area contributed by atoms with E-state index in [-0.39, 0.29) is 0 Å². The van der Waals surface area contributed by atoms with Crippen LogP contribution >= 0.6 is 0 Å². The molecule has 0 bridgehead atoms. The number of fused-ring (bicyclic) bond motifs is 12. The van der Waals surface area contributed by atoms with E-state index >= 15 is 0 Å². The summed E-state index contributed by atoms with van der Waals surface area (Å²) in [5.74, 6) is 0. The van der Waals surface area contributed by atoms with Crippen LogP contribution in [-0.4, -0.2) is 18.3 Å². The molecule has 0 spiro atoms. The Morgan fingerprint density at radius 2 is 0.369 bits per heavy atom. The van der Waals surface area contributed by atoms with Crippen molar-refractivity contribution in [3.05, 3.63) is 231 Å². The number of aromatic nitrogens is 4. The molecule has 0 saturated carbocycles. The van der Waals surface area contributed by atoms with Gasteiger partial charge in [0.2, 0.25) is 0 Å². The van der Waals surface area contributed by atoms with E-state index in [4.69, 9.17) is 0 Å². The molecule has 0 radical (unpaired) electrons. The number of benzene rings is 10. The topological polar surface area (TPSA) is 19.7 Å². The molecule has 5 heteroatoms.